The first-order valence-corrected chi connectivity index (χ1v) is 9.08. The molecule has 0 aliphatic rings. The van der Waals surface area contributed by atoms with Crippen LogP contribution in [-0.2, 0) is 16.8 Å². The molecule has 0 saturated carbocycles. The number of phenolic OH excluding ortho intramolecular Hbond substituents is 2. The van der Waals surface area contributed by atoms with Crippen LogP contribution in [0, 0.1) is 0 Å². The zero-order valence-electron chi connectivity index (χ0n) is 13.2. The van der Waals surface area contributed by atoms with Crippen molar-refractivity contribution < 1.29 is 34.8 Å². The van der Waals surface area contributed by atoms with E-state index in [1.165, 1.54) is 24.3 Å². The number of hydrogen-bond donors (Lipinski definition) is 7. The molecule has 0 spiro atoms. The van der Waals surface area contributed by atoms with Crippen molar-refractivity contribution in [2.24, 2.45) is 0 Å². The second-order valence-corrected chi connectivity index (χ2v) is 7.03. The molecular weight excluding hydrogens is 349 g/mol. The Balaban J connectivity index is 2.12. The lowest BCUT2D eigenvalue weighted by molar-refractivity contribution is -0.174. The van der Waals surface area contributed by atoms with Crippen molar-refractivity contribution in [1.82, 2.24) is 0 Å². The molecule has 2 rings (SSSR count). The number of aryl methyl sites for hydroxylation is 1. The van der Waals surface area contributed by atoms with Crippen molar-refractivity contribution in [2.45, 2.75) is 25.0 Å². The largest absolute Gasteiger partial charge is 0.508 e. The van der Waals surface area contributed by atoms with Crippen LogP contribution in [0.15, 0.2) is 42.5 Å². The molecule has 25 heavy (non-hydrogen) atoms. The second kappa shape index (κ2) is 7.43. The van der Waals surface area contributed by atoms with Gasteiger partial charge in [0.15, 0.2) is 5.79 Å². The Morgan fingerprint density at radius 3 is 2.16 bits per heavy atom. The lowest BCUT2D eigenvalue weighted by Gasteiger charge is -2.25. The predicted molar refractivity (Wildman–Crippen MR) is 90.9 cm³/mol. The van der Waals surface area contributed by atoms with Crippen LogP contribution < -0.4 is 5.09 Å². The van der Waals surface area contributed by atoms with Gasteiger partial charge in [-0.3, -0.25) is 5.09 Å². The fourth-order valence-corrected chi connectivity index (χ4v) is 2.97. The Bertz CT molecular complexity index is 771. The van der Waals surface area contributed by atoms with E-state index in [4.69, 9.17) is 9.79 Å². The minimum atomic E-state index is -4.69. The summed E-state index contributed by atoms with van der Waals surface area (Å²) in [5.41, 5.74) is 0.482. The van der Waals surface area contributed by atoms with Crippen molar-refractivity contribution in [3.63, 3.8) is 0 Å². The van der Waals surface area contributed by atoms with Crippen LogP contribution in [0.5, 0.6) is 11.5 Å². The van der Waals surface area contributed by atoms with Crippen molar-refractivity contribution in [2.75, 3.05) is 5.09 Å². The molecule has 0 aromatic heterocycles. The first-order chi connectivity index (χ1) is 11.6. The molecule has 2 aromatic carbocycles. The van der Waals surface area contributed by atoms with E-state index >= 15 is 0 Å². The van der Waals surface area contributed by atoms with Gasteiger partial charge in [-0.15, -0.1) is 0 Å². The third-order valence-electron chi connectivity index (χ3n) is 3.63. The summed E-state index contributed by atoms with van der Waals surface area (Å²) in [6.45, 7) is 0. The van der Waals surface area contributed by atoms with Crippen LogP contribution in [0.3, 0.4) is 0 Å². The van der Waals surface area contributed by atoms with Gasteiger partial charge in [0.2, 0.25) is 0 Å². The molecule has 8 nitrogen and oxygen atoms in total. The molecule has 9 heteroatoms. The number of aromatic hydroxyl groups is 2. The number of phenols is 2. The highest BCUT2D eigenvalue weighted by Crippen LogP contribution is 2.41. The first kappa shape index (κ1) is 19.2. The van der Waals surface area contributed by atoms with Gasteiger partial charge in [0.25, 0.3) is 0 Å². The van der Waals surface area contributed by atoms with Crippen molar-refractivity contribution in [3.8, 4) is 11.5 Å². The second-order valence-electron chi connectivity index (χ2n) is 5.72. The number of anilines is 1. The smallest absolute Gasteiger partial charge is 0.427 e. The Morgan fingerprint density at radius 2 is 1.56 bits per heavy atom. The van der Waals surface area contributed by atoms with Crippen LogP contribution in [0.4, 0.5) is 5.69 Å². The highest BCUT2D eigenvalue weighted by atomic mass is 31.2. The van der Waals surface area contributed by atoms with Gasteiger partial charge >= 0.3 is 7.75 Å². The number of aliphatic hydroxyl groups is 2. The Hall–Kier alpha value is -2.09. The molecule has 0 fully saturated rings. The normalized spacial score (nSPS) is 12.2. The number of nitrogens with one attached hydrogen (secondary N) is 1. The van der Waals surface area contributed by atoms with Gasteiger partial charge in [-0.2, -0.15) is 0 Å². The molecule has 0 atom stereocenters. The van der Waals surface area contributed by atoms with Crippen LogP contribution in [0.2, 0.25) is 0 Å². The summed E-state index contributed by atoms with van der Waals surface area (Å²) in [4.78, 5) is 18.1. The van der Waals surface area contributed by atoms with Crippen molar-refractivity contribution in [1.29, 1.82) is 0 Å². The third-order valence-corrected chi connectivity index (χ3v) is 4.16. The fourth-order valence-electron chi connectivity index (χ4n) is 2.47. The fraction of sp³-hybridized carbons (Fsp3) is 0.250. The van der Waals surface area contributed by atoms with E-state index in [1.807, 2.05) is 5.09 Å². The average molecular weight is 369 g/mol. The van der Waals surface area contributed by atoms with E-state index in [1.54, 1.807) is 12.1 Å². The molecule has 7 N–H and O–H groups in total. The zero-order valence-corrected chi connectivity index (χ0v) is 14.1. The first-order valence-electron chi connectivity index (χ1n) is 7.47. The minimum Gasteiger partial charge on any atom is -0.508 e. The van der Waals surface area contributed by atoms with Gasteiger partial charge < -0.3 is 30.2 Å². The minimum absolute atomic E-state index is 0.103. The Kier molecular flexibility index (Phi) is 5.72. The number of rotatable bonds is 7. The molecule has 0 amide bonds. The van der Waals surface area contributed by atoms with E-state index < -0.39 is 13.5 Å². The molecule has 136 valence electrons. The van der Waals surface area contributed by atoms with E-state index in [0.717, 1.165) is 11.6 Å². The SMILES string of the molecule is O=P(O)(O)Nc1cc(O)ccc1C(O)(O)CCCc1ccc(O)cc1. The maximum absolute atomic E-state index is 11.1. The number of hydrogen-bond acceptors (Lipinski definition) is 5. The molecule has 2 aromatic rings. The van der Waals surface area contributed by atoms with Gasteiger partial charge in [0, 0.05) is 18.1 Å². The molecule has 0 aliphatic carbocycles. The van der Waals surface area contributed by atoms with Crippen LogP contribution in [0.1, 0.15) is 24.0 Å². The monoisotopic (exact) mass is 369 g/mol. The zero-order chi connectivity index (χ0) is 18.7. The molecule has 0 heterocycles. The van der Waals surface area contributed by atoms with E-state index in [9.17, 15) is 25.0 Å². The molecule has 0 bridgehead atoms. The van der Waals surface area contributed by atoms with Crippen LogP contribution >= 0.6 is 7.75 Å². The van der Waals surface area contributed by atoms with Gasteiger partial charge in [-0.1, -0.05) is 12.1 Å². The van der Waals surface area contributed by atoms with Gasteiger partial charge in [0.1, 0.15) is 11.5 Å². The standard InChI is InChI=1S/C16H20NO7P/c18-12-5-3-11(4-6-12)2-1-9-16(20,21)14-8-7-13(19)10-15(14)17-25(22,23)24/h3-8,10,18-21H,1-2,9H2,(H3,17,22,23,24). The maximum atomic E-state index is 11.1. The molecule has 0 aliphatic heterocycles. The van der Waals surface area contributed by atoms with E-state index in [0.29, 0.717) is 12.8 Å². The average Bonchev–Trinajstić information content (AvgIpc) is 2.47. The van der Waals surface area contributed by atoms with Crippen molar-refractivity contribution in [3.05, 3.63) is 53.6 Å². The Labute approximate surface area is 144 Å². The maximum Gasteiger partial charge on any atom is 0.427 e. The third kappa shape index (κ3) is 5.74. The summed E-state index contributed by atoms with van der Waals surface area (Å²) >= 11 is 0. The highest BCUT2D eigenvalue weighted by molar-refractivity contribution is 7.53. The summed E-state index contributed by atoms with van der Waals surface area (Å²) in [7, 11) is -4.69. The topological polar surface area (TPSA) is 150 Å². The van der Waals surface area contributed by atoms with Crippen LogP contribution in [-0.4, -0.2) is 30.2 Å². The summed E-state index contributed by atoms with van der Waals surface area (Å²) in [5.74, 6) is -2.48. The molecule has 0 radical (unpaired) electrons. The van der Waals surface area contributed by atoms with E-state index in [2.05, 4.69) is 0 Å². The highest BCUT2D eigenvalue weighted by Gasteiger charge is 2.30. The number of benzene rings is 2. The summed E-state index contributed by atoms with van der Waals surface area (Å²) in [6.07, 6.45) is 0.783. The lowest BCUT2D eigenvalue weighted by Crippen LogP contribution is -2.26. The van der Waals surface area contributed by atoms with Gasteiger partial charge in [-0.25, -0.2) is 4.57 Å². The lowest BCUT2D eigenvalue weighted by atomic mass is 9.96. The van der Waals surface area contributed by atoms with Gasteiger partial charge in [0.05, 0.1) is 5.69 Å². The van der Waals surface area contributed by atoms with Gasteiger partial charge in [-0.05, 0) is 42.7 Å². The van der Waals surface area contributed by atoms with E-state index in [-0.39, 0.29) is 29.2 Å². The predicted octanol–water partition coefficient (Wildman–Crippen LogP) is 1.76. The van der Waals surface area contributed by atoms with Crippen LogP contribution in [0.25, 0.3) is 0 Å². The summed E-state index contributed by atoms with van der Waals surface area (Å²) < 4.78 is 11.1. The molecule has 0 unspecified atom stereocenters. The van der Waals surface area contributed by atoms with Crippen molar-refractivity contribution >= 4 is 13.4 Å². The molecular formula is C16H20NO7P. The Morgan fingerprint density at radius 1 is 0.960 bits per heavy atom. The quantitative estimate of drug-likeness (QED) is 0.288. The summed E-state index contributed by atoms with van der Waals surface area (Å²) in [6, 6.07) is 9.88. The molecule has 0 saturated heterocycles. The summed E-state index contributed by atoms with van der Waals surface area (Å²) in [5, 5.41) is 41.2.